The van der Waals surface area contributed by atoms with Crippen LogP contribution in [0.1, 0.15) is 5.56 Å². The van der Waals surface area contributed by atoms with Gasteiger partial charge >= 0.3 is 0 Å². The van der Waals surface area contributed by atoms with Crippen molar-refractivity contribution in [2.24, 2.45) is 0 Å². The minimum absolute atomic E-state index is 0.0246. The van der Waals surface area contributed by atoms with Gasteiger partial charge in [-0.15, -0.1) is 0 Å². The number of halogens is 3. The van der Waals surface area contributed by atoms with E-state index in [1.165, 1.54) is 24.3 Å². The molecule has 0 radical (unpaired) electrons. The van der Waals surface area contributed by atoms with Crippen LogP contribution in [0.5, 0.6) is 0 Å². The molecular weight excluding hydrogens is 464 g/mol. The number of anilines is 2. The lowest BCUT2D eigenvalue weighted by molar-refractivity contribution is -0.117. The van der Waals surface area contributed by atoms with Crippen LogP contribution in [0.15, 0.2) is 71.6 Å². The van der Waals surface area contributed by atoms with Crippen molar-refractivity contribution in [2.75, 3.05) is 11.1 Å². The quantitative estimate of drug-likeness (QED) is 0.439. The lowest BCUT2D eigenvalue weighted by Crippen LogP contribution is -2.45. The molecule has 0 bridgehead atoms. The van der Waals surface area contributed by atoms with Crippen molar-refractivity contribution in [1.29, 1.82) is 0 Å². The number of nitrogens with two attached hydrogens (primary N) is 1. The van der Waals surface area contributed by atoms with Crippen LogP contribution in [-0.2, 0) is 21.2 Å². The summed E-state index contributed by atoms with van der Waals surface area (Å²) in [4.78, 5) is 12.4. The number of amides is 1. The first-order valence-electron chi connectivity index (χ1n) is 9.03. The summed E-state index contributed by atoms with van der Waals surface area (Å²) >= 11 is 12.0. The fourth-order valence-corrected chi connectivity index (χ4v) is 4.60. The van der Waals surface area contributed by atoms with E-state index in [-0.39, 0.29) is 27.8 Å². The Kier molecular flexibility index (Phi) is 7.17. The van der Waals surface area contributed by atoms with Crippen LogP contribution < -0.4 is 15.8 Å². The molecule has 1 atom stereocenters. The number of benzene rings is 3. The zero-order valence-corrected chi connectivity index (χ0v) is 18.3. The summed E-state index contributed by atoms with van der Waals surface area (Å²) in [5.74, 6) is -1.60. The molecule has 0 saturated heterocycles. The van der Waals surface area contributed by atoms with E-state index < -0.39 is 32.7 Å². The molecular formula is C21H18Cl2FN3O3S. The van der Waals surface area contributed by atoms with Gasteiger partial charge < -0.3 is 11.1 Å². The summed E-state index contributed by atoms with van der Waals surface area (Å²) in [7, 11) is -4.33. The average Bonchev–Trinajstić information content (AvgIpc) is 2.72. The number of carbonyl (C=O) groups is 1. The number of hydrogen-bond donors (Lipinski definition) is 3. The van der Waals surface area contributed by atoms with E-state index in [0.717, 1.165) is 12.1 Å². The largest absolute Gasteiger partial charge is 0.396 e. The maximum absolute atomic E-state index is 14.1. The fraction of sp³-hybridized carbons (Fsp3) is 0.0952. The predicted molar refractivity (Wildman–Crippen MR) is 120 cm³/mol. The van der Waals surface area contributed by atoms with E-state index in [2.05, 4.69) is 10.0 Å². The Morgan fingerprint density at radius 3 is 2.19 bits per heavy atom. The zero-order valence-electron chi connectivity index (χ0n) is 16.0. The first kappa shape index (κ1) is 23.0. The molecule has 10 heteroatoms. The summed E-state index contributed by atoms with van der Waals surface area (Å²) in [6.45, 7) is 0. The molecule has 6 nitrogen and oxygen atoms in total. The van der Waals surface area contributed by atoms with Gasteiger partial charge in [-0.3, -0.25) is 4.79 Å². The molecule has 3 aromatic carbocycles. The maximum atomic E-state index is 14.1. The second-order valence-corrected chi connectivity index (χ2v) is 9.13. The molecule has 0 aromatic heterocycles. The summed E-state index contributed by atoms with van der Waals surface area (Å²) in [6.07, 6.45) is 0.0246. The Hall–Kier alpha value is -2.65. The molecule has 162 valence electrons. The zero-order chi connectivity index (χ0) is 22.6. The van der Waals surface area contributed by atoms with Gasteiger partial charge in [0.25, 0.3) is 0 Å². The molecule has 4 N–H and O–H groups in total. The van der Waals surface area contributed by atoms with Crippen molar-refractivity contribution in [3.8, 4) is 0 Å². The molecule has 31 heavy (non-hydrogen) atoms. The number of nitrogens with one attached hydrogen (secondary N) is 2. The highest BCUT2D eigenvalue weighted by atomic mass is 35.5. The molecule has 0 spiro atoms. The molecule has 0 aliphatic rings. The first-order valence-corrected chi connectivity index (χ1v) is 11.3. The molecule has 0 unspecified atom stereocenters. The van der Waals surface area contributed by atoms with Gasteiger partial charge in [0.05, 0.1) is 15.7 Å². The molecule has 0 aliphatic carbocycles. The highest BCUT2D eigenvalue weighted by molar-refractivity contribution is 7.89. The molecule has 0 aliphatic heterocycles. The van der Waals surface area contributed by atoms with Gasteiger partial charge in [0.15, 0.2) is 0 Å². The lowest BCUT2D eigenvalue weighted by Gasteiger charge is -2.19. The van der Waals surface area contributed by atoms with Crippen molar-refractivity contribution in [2.45, 2.75) is 17.4 Å². The molecule has 0 fully saturated rings. The normalized spacial score (nSPS) is 12.4. The van der Waals surface area contributed by atoms with Crippen LogP contribution >= 0.6 is 23.2 Å². The number of nitrogen functional groups attached to an aromatic ring is 1. The van der Waals surface area contributed by atoms with Gasteiger partial charge in [-0.2, -0.15) is 4.72 Å². The van der Waals surface area contributed by atoms with Gasteiger partial charge in [-0.1, -0.05) is 65.7 Å². The van der Waals surface area contributed by atoms with E-state index in [4.69, 9.17) is 28.9 Å². The Labute approximate surface area is 189 Å². The Morgan fingerprint density at radius 1 is 1.00 bits per heavy atom. The third kappa shape index (κ3) is 5.74. The Balaban J connectivity index is 1.91. The number of carbonyl (C=O) groups excluding carboxylic acids is 1. The third-order valence-electron chi connectivity index (χ3n) is 4.37. The Morgan fingerprint density at radius 2 is 1.58 bits per heavy atom. The van der Waals surface area contributed by atoms with E-state index in [1.54, 1.807) is 30.3 Å². The van der Waals surface area contributed by atoms with E-state index in [1.807, 2.05) is 0 Å². The summed E-state index contributed by atoms with van der Waals surface area (Å²) in [6, 6.07) is 15.3. The van der Waals surface area contributed by atoms with Crippen molar-refractivity contribution in [3.63, 3.8) is 0 Å². The summed E-state index contributed by atoms with van der Waals surface area (Å²) in [5.41, 5.74) is 6.79. The first-order chi connectivity index (χ1) is 14.7. The van der Waals surface area contributed by atoms with Crippen molar-refractivity contribution >= 4 is 50.5 Å². The predicted octanol–water partition coefficient (Wildman–Crippen LogP) is 4.24. The van der Waals surface area contributed by atoms with Crippen LogP contribution in [0.2, 0.25) is 10.0 Å². The van der Waals surface area contributed by atoms with Crippen molar-refractivity contribution < 1.29 is 17.6 Å². The van der Waals surface area contributed by atoms with Crippen LogP contribution in [-0.4, -0.2) is 20.4 Å². The van der Waals surface area contributed by atoms with Crippen LogP contribution in [0.25, 0.3) is 0 Å². The average molecular weight is 482 g/mol. The monoisotopic (exact) mass is 481 g/mol. The van der Waals surface area contributed by atoms with Crippen LogP contribution in [0, 0.1) is 5.82 Å². The van der Waals surface area contributed by atoms with E-state index in [0.29, 0.717) is 5.56 Å². The molecule has 0 saturated carbocycles. The van der Waals surface area contributed by atoms with E-state index in [9.17, 15) is 17.6 Å². The van der Waals surface area contributed by atoms with Gasteiger partial charge in [-0.25, -0.2) is 12.8 Å². The van der Waals surface area contributed by atoms with Gasteiger partial charge in [0, 0.05) is 5.69 Å². The topological polar surface area (TPSA) is 101 Å². The molecule has 3 rings (SSSR count). The molecule has 1 amide bonds. The number of sulfonamides is 1. The standard InChI is InChI=1S/C21H18Cl2FN3O3S/c22-15-11-14(12-16(23)20(15)25)26-21(28)18(10-13-6-2-1-3-7-13)27-31(29,30)19-9-5-4-8-17(19)24/h1-9,11-12,18,27H,10,25H2,(H,26,28)/t18-/m0/s1. The highest BCUT2D eigenvalue weighted by Crippen LogP contribution is 2.31. The number of hydrogen-bond acceptors (Lipinski definition) is 4. The highest BCUT2D eigenvalue weighted by Gasteiger charge is 2.28. The van der Waals surface area contributed by atoms with Crippen LogP contribution in [0.4, 0.5) is 15.8 Å². The second kappa shape index (κ2) is 9.65. The minimum Gasteiger partial charge on any atom is -0.396 e. The summed E-state index contributed by atoms with van der Waals surface area (Å²) < 4.78 is 41.9. The van der Waals surface area contributed by atoms with Crippen molar-refractivity contribution in [1.82, 2.24) is 4.72 Å². The van der Waals surface area contributed by atoms with Crippen LogP contribution in [0.3, 0.4) is 0 Å². The maximum Gasteiger partial charge on any atom is 0.244 e. The Bertz CT molecular complexity index is 1180. The fourth-order valence-electron chi connectivity index (χ4n) is 2.84. The second-order valence-electron chi connectivity index (χ2n) is 6.64. The van der Waals surface area contributed by atoms with E-state index >= 15 is 0 Å². The van der Waals surface area contributed by atoms with Gasteiger partial charge in [0.1, 0.15) is 16.8 Å². The SMILES string of the molecule is Nc1c(Cl)cc(NC(=O)[C@H](Cc2ccccc2)NS(=O)(=O)c2ccccc2F)cc1Cl. The third-order valence-corrected chi connectivity index (χ3v) is 6.50. The summed E-state index contributed by atoms with van der Waals surface area (Å²) in [5, 5.41) is 2.84. The van der Waals surface area contributed by atoms with Gasteiger partial charge in [-0.05, 0) is 36.2 Å². The lowest BCUT2D eigenvalue weighted by atomic mass is 10.1. The number of rotatable bonds is 7. The minimum atomic E-state index is -4.33. The smallest absolute Gasteiger partial charge is 0.244 e. The molecule has 3 aromatic rings. The van der Waals surface area contributed by atoms with Crippen molar-refractivity contribution in [3.05, 3.63) is 88.2 Å². The van der Waals surface area contributed by atoms with Gasteiger partial charge in [0.2, 0.25) is 15.9 Å². The molecule has 0 heterocycles.